The fraction of sp³-hybridized carbons (Fsp3) is 1.00. The lowest BCUT2D eigenvalue weighted by Crippen LogP contribution is -2.30. The van der Waals surface area contributed by atoms with Crippen molar-refractivity contribution in [3.63, 3.8) is 0 Å². The minimum Gasteiger partial charge on any atom is -0.333 e. The molecule has 1 heterocycles. The monoisotopic (exact) mass is 144 g/mol. The first-order chi connectivity index (χ1) is 4.79. The molecule has 1 saturated heterocycles. The van der Waals surface area contributed by atoms with E-state index in [1.807, 2.05) is 0 Å². The third-order valence-electron chi connectivity index (χ3n) is 1.86. The van der Waals surface area contributed by atoms with Crippen LogP contribution in [0, 0.1) is 5.92 Å². The molecule has 0 saturated carbocycles. The molecule has 0 aromatic rings. The lowest BCUT2D eigenvalue weighted by molar-refractivity contribution is 0.221. The molecule has 2 N–H and O–H groups in total. The summed E-state index contributed by atoms with van der Waals surface area (Å²) < 4.78 is 0. The van der Waals surface area contributed by atoms with Crippen molar-refractivity contribution in [3.8, 4) is 0 Å². The Hall–Kier alpha value is -0.0800. The van der Waals surface area contributed by atoms with Crippen LogP contribution < -0.4 is 5.73 Å². The van der Waals surface area contributed by atoms with Gasteiger partial charge in [0.25, 0.3) is 0 Å². The maximum atomic E-state index is 4.50. The minimum absolute atomic E-state index is 0.939. The second-order valence-corrected chi connectivity index (χ2v) is 3.01. The minimum atomic E-state index is 0.939. The third kappa shape index (κ3) is 3.85. The molecule has 0 aromatic heterocycles. The smallest absolute Gasteiger partial charge is 0.000398 e. The summed E-state index contributed by atoms with van der Waals surface area (Å²) >= 11 is 0. The van der Waals surface area contributed by atoms with E-state index in [1.54, 1.807) is 0 Å². The van der Waals surface area contributed by atoms with Crippen molar-refractivity contribution in [2.45, 2.75) is 19.8 Å². The van der Waals surface area contributed by atoms with Crippen molar-refractivity contribution in [3.05, 3.63) is 0 Å². The average molecular weight is 144 g/mol. The highest BCUT2D eigenvalue weighted by Crippen LogP contribution is 2.12. The molecule has 10 heavy (non-hydrogen) atoms. The van der Waals surface area contributed by atoms with Crippen LogP contribution in [0.15, 0.2) is 0 Å². The second-order valence-electron chi connectivity index (χ2n) is 3.01. The molecular weight excluding hydrogens is 124 g/mol. The van der Waals surface area contributed by atoms with E-state index in [9.17, 15) is 0 Å². The van der Waals surface area contributed by atoms with Gasteiger partial charge in [-0.25, -0.2) is 0 Å². The predicted octanol–water partition coefficient (Wildman–Crippen LogP) is 0.923. The van der Waals surface area contributed by atoms with Gasteiger partial charge in [-0.15, -0.1) is 0 Å². The Kier molecular flexibility index (Phi) is 5.64. The first kappa shape index (κ1) is 9.92. The van der Waals surface area contributed by atoms with E-state index in [2.05, 4.69) is 24.6 Å². The third-order valence-corrected chi connectivity index (χ3v) is 1.86. The zero-order valence-corrected chi connectivity index (χ0v) is 7.43. The molecule has 0 spiro atoms. The molecule has 1 rings (SSSR count). The van der Waals surface area contributed by atoms with E-state index in [0.29, 0.717) is 0 Å². The highest BCUT2D eigenvalue weighted by Gasteiger charge is 2.11. The van der Waals surface area contributed by atoms with Gasteiger partial charge in [0.05, 0.1) is 0 Å². The first-order valence-corrected chi connectivity index (χ1v) is 4.05. The van der Waals surface area contributed by atoms with Gasteiger partial charge in [0.15, 0.2) is 0 Å². The Labute approximate surface area is 64.4 Å². The Bertz CT molecular complexity index is 65.7. The van der Waals surface area contributed by atoms with Crippen LogP contribution in [0.3, 0.4) is 0 Å². The maximum Gasteiger partial charge on any atom is 0.000398 e. The second kappa shape index (κ2) is 5.69. The Morgan fingerprint density at radius 3 is 2.30 bits per heavy atom. The molecule has 1 fully saturated rings. The molecule has 0 amide bonds. The van der Waals surface area contributed by atoms with Gasteiger partial charge in [-0.05, 0) is 39.4 Å². The number of hydrogen-bond donors (Lipinski definition) is 1. The molecule has 62 valence electrons. The molecule has 1 unspecified atom stereocenters. The van der Waals surface area contributed by atoms with Gasteiger partial charge in [-0.1, -0.05) is 6.92 Å². The van der Waals surface area contributed by atoms with Gasteiger partial charge in [0.2, 0.25) is 0 Å². The summed E-state index contributed by atoms with van der Waals surface area (Å²) in [5.41, 5.74) is 4.50. The van der Waals surface area contributed by atoms with Gasteiger partial charge < -0.3 is 10.6 Å². The zero-order chi connectivity index (χ0) is 7.98. The SMILES string of the molecule is CC1CCCN(C)C1.CN. The summed E-state index contributed by atoms with van der Waals surface area (Å²) in [5, 5.41) is 0. The quantitative estimate of drug-likeness (QED) is 0.548. The van der Waals surface area contributed by atoms with Crippen LogP contribution in [0.2, 0.25) is 0 Å². The maximum absolute atomic E-state index is 4.50. The molecule has 2 nitrogen and oxygen atoms in total. The molecular formula is C8H20N2. The van der Waals surface area contributed by atoms with Crippen molar-refractivity contribution in [1.29, 1.82) is 0 Å². The molecule has 1 aliphatic rings. The summed E-state index contributed by atoms with van der Waals surface area (Å²) in [7, 11) is 3.70. The first-order valence-electron chi connectivity index (χ1n) is 4.05. The molecule has 0 bridgehead atoms. The zero-order valence-electron chi connectivity index (χ0n) is 7.43. The Balaban J connectivity index is 0.000000371. The van der Waals surface area contributed by atoms with Crippen LogP contribution in [0.5, 0.6) is 0 Å². The van der Waals surface area contributed by atoms with E-state index in [1.165, 1.54) is 33.0 Å². The molecule has 1 atom stereocenters. The molecule has 0 aliphatic carbocycles. The van der Waals surface area contributed by atoms with Gasteiger partial charge in [-0.3, -0.25) is 0 Å². The molecule has 0 aromatic carbocycles. The number of hydrogen-bond acceptors (Lipinski definition) is 2. The van der Waals surface area contributed by atoms with E-state index in [0.717, 1.165) is 5.92 Å². The van der Waals surface area contributed by atoms with Gasteiger partial charge in [-0.2, -0.15) is 0 Å². The predicted molar refractivity (Wildman–Crippen MR) is 46.0 cm³/mol. The summed E-state index contributed by atoms with van der Waals surface area (Å²) in [5.74, 6) is 0.939. The van der Waals surface area contributed by atoms with Crippen molar-refractivity contribution in [2.75, 3.05) is 27.2 Å². The molecule has 2 heteroatoms. The van der Waals surface area contributed by atoms with Gasteiger partial charge >= 0.3 is 0 Å². The van der Waals surface area contributed by atoms with Crippen molar-refractivity contribution in [1.82, 2.24) is 4.90 Å². The number of piperidine rings is 1. The van der Waals surface area contributed by atoms with Crippen LogP contribution in [0.4, 0.5) is 0 Å². The van der Waals surface area contributed by atoms with E-state index < -0.39 is 0 Å². The van der Waals surface area contributed by atoms with Crippen molar-refractivity contribution < 1.29 is 0 Å². The summed E-state index contributed by atoms with van der Waals surface area (Å²) in [6.45, 7) is 4.94. The summed E-state index contributed by atoms with van der Waals surface area (Å²) in [6, 6.07) is 0. The number of nitrogens with two attached hydrogens (primary N) is 1. The van der Waals surface area contributed by atoms with E-state index in [4.69, 9.17) is 0 Å². The topological polar surface area (TPSA) is 29.3 Å². The van der Waals surface area contributed by atoms with Crippen LogP contribution in [-0.2, 0) is 0 Å². The van der Waals surface area contributed by atoms with E-state index >= 15 is 0 Å². The van der Waals surface area contributed by atoms with Crippen molar-refractivity contribution >= 4 is 0 Å². The van der Waals surface area contributed by atoms with Crippen LogP contribution in [0.25, 0.3) is 0 Å². The fourth-order valence-corrected chi connectivity index (χ4v) is 1.42. The standard InChI is InChI=1S/C7H15N.CH5N/c1-7-4-3-5-8(2)6-7;1-2/h7H,3-6H2,1-2H3;2H2,1H3. The summed E-state index contributed by atoms with van der Waals surface area (Å²) in [6.07, 6.45) is 2.84. The summed E-state index contributed by atoms with van der Waals surface area (Å²) in [4.78, 5) is 2.41. The van der Waals surface area contributed by atoms with Crippen LogP contribution in [0.1, 0.15) is 19.8 Å². The lowest BCUT2D eigenvalue weighted by Gasteiger charge is -2.26. The largest absolute Gasteiger partial charge is 0.333 e. The fourth-order valence-electron chi connectivity index (χ4n) is 1.42. The van der Waals surface area contributed by atoms with Gasteiger partial charge in [0, 0.05) is 6.54 Å². The van der Waals surface area contributed by atoms with Crippen LogP contribution >= 0.6 is 0 Å². The molecule has 0 radical (unpaired) electrons. The Morgan fingerprint density at radius 2 is 2.00 bits per heavy atom. The number of likely N-dealkylation sites (tertiary alicyclic amines) is 1. The average Bonchev–Trinajstić information content (AvgIpc) is 1.91. The Morgan fingerprint density at radius 1 is 1.40 bits per heavy atom. The van der Waals surface area contributed by atoms with Crippen molar-refractivity contribution in [2.24, 2.45) is 11.7 Å². The molecule has 1 aliphatic heterocycles. The highest BCUT2D eigenvalue weighted by atomic mass is 15.1. The highest BCUT2D eigenvalue weighted by molar-refractivity contribution is 4.65. The van der Waals surface area contributed by atoms with Gasteiger partial charge in [0.1, 0.15) is 0 Å². The lowest BCUT2D eigenvalue weighted by atomic mass is 10.0. The van der Waals surface area contributed by atoms with E-state index in [-0.39, 0.29) is 0 Å². The normalized spacial score (nSPS) is 27.0. The number of nitrogens with zero attached hydrogens (tertiary/aromatic N) is 1. The number of rotatable bonds is 0. The van der Waals surface area contributed by atoms with Crippen LogP contribution in [-0.4, -0.2) is 32.1 Å².